The fraction of sp³-hybridized carbons (Fsp3) is 0.130. The van der Waals surface area contributed by atoms with Gasteiger partial charge in [-0.1, -0.05) is 24.3 Å². The molecular formula is C23H18BrN3O. The quantitative estimate of drug-likeness (QED) is 0.344. The highest BCUT2D eigenvalue weighted by atomic mass is 79.9. The summed E-state index contributed by atoms with van der Waals surface area (Å²) in [5, 5.41) is 0. The number of pyridine rings is 1. The third-order valence-corrected chi connectivity index (χ3v) is 5.16. The van der Waals surface area contributed by atoms with Crippen molar-refractivity contribution in [3.63, 3.8) is 0 Å². The van der Waals surface area contributed by atoms with E-state index in [1.54, 1.807) is 0 Å². The van der Waals surface area contributed by atoms with Crippen LogP contribution in [0.4, 0.5) is 5.69 Å². The van der Waals surface area contributed by atoms with Gasteiger partial charge in [-0.15, -0.1) is 0 Å². The molecule has 138 valence electrons. The van der Waals surface area contributed by atoms with Gasteiger partial charge in [-0.05, 0) is 70.7 Å². The average Bonchev–Trinajstić information content (AvgIpc) is 3.12. The summed E-state index contributed by atoms with van der Waals surface area (Å²) in [6.07, 6.45) is 4.11. The molecule has 0 amide bonds. The zero-order valence-corrected chi connectivity index (χ0v) is 17.2. The third-order valence-electron chi connectivity index (χ3n) is 4.57. The van der Waals surface area contributed by atoms with Crippen LogP contribution in [-0.4, -0.2) is 9.38 Å². The van der Waals surface area contributed by atoms with Gasteiger partial charge < -0.3 is 9.14 Å². The number of nitrogens with zero attached hydrogens (tertiary/aromatic N) is 3. The molecule has 4 nitrogen and oxygen atoms in total. The molecule has 4 aromatic rings. The molecule has 2 heterocycles. The molecule has 0 saturated heterocycles. The van der Waals surface area contributed by atoms with Gasteiger partial charge in [0.05, 0.1) is 16.7 Å². The van der Waals surface area contributed by atoms with Crippen molar-refractivity contribution in [2.45, 2.75) is 20.5 Å². The number of aryl methyl sites for hydroxylation is 2. The van der Waals surface area contributed by atoms with E-state index in [0.717, 1.165) is 38.3 Å². The van der Waals surface area contributed by atoms with Crippen LogP contribution in [0.2, 0.25) is 0 Å². The molecule has 0 fully saturated rings. The van der Waals surface area contributed by atoms with Crippen LogP contribution >= 0.6 is 15.9 Å². The minimum atomic E-state index is 0.471. The van der Waals surface area contributed by atoms with E-state index in [9.17, 15) is 0 Å². The molecule has 2 aromatic heterocycles. The Kier molecular flexibility index (Phi) is 4.89. The van der Waals surface area contributed by atoms with E-state index in [1.807, 2.05) is 53.9 Å². The smallest absolute Gasteiger partial charge is 0.187 e. The van der Waals surface area contributed by atoms with Crippen LogP contribution in [0.15, 0.2) is 65.4 Å². The van der Waals surface area contributed by atoms with Crippen molar-refractivity contribution in [1.29, 1.82) is 0 Å². The molecule has 0 bridgehead atoms. The molecule has 5 heteroatoms. The normalized spacial score (nSPS) is 10.8. The number of rotatable bonds is 4. The lowest BCUT2D eigenvalue weighted by atomic mass is 10.1. The molecule has 0 unspecified atom stereocenters. The third kappa shape index (κ3) is 3.64. The van der Waals surface area contributed by atoms with Gasteiger partial charge in [0.15, 0.2) is 11.3 Å². The molecule has 28 heavy (non-hydrogen) atoms. The van der Waals surface area contributed by atoms with E-state index >= 15 is 0 Å². The van der Waals surface area contributed by atoms with Crippen LogP contribution in [0.1, 0.15) is 16.7 Å². The number of aromatic nitrogens is 2. The first kappa shape index (κ1) is 18.3. The summed E-state index contributed by atoms with van der Waals surface area (Å²) in [5.41, 5.74) is 6.79. The fourth-order valence-corrected chi connectivity index (χ4v) is 3.78. The standard InChI is InChI=1S/C23H18BrN3O/c1-15-10-20(24)23-26-21(13-27(23)12-15)18-6-9-22(16(2)11-18)28-14-17-4-7-19(25-3)8-5-17/h4-13H,14H2,1-2H3. The number of ether oxygens (including phenoxy) is 1. The molecule has 0 saturated carbocycles. The summed E-state index contributed by atoms with van der Waals surface area (Å²) >= 11 is 3.59. The minimum Gasteiger partial charge on any atom is -0.489 e. The molecule has 4 rings (SSSR count). The number of halogens is 1. The summed E-state index contributed by atoms with van der Waals surface area (Å²) in [7, 11) is 0. The Morgan fingerprint density at radius 2 is 1.86 bits per heavy atom. The molecule has 0 atom stereocenters. The maximum Gasteiger partial charge on any atom is 0.187 e. The molecule has 0 aliphatic heterocycles. The number of benzene rings is 2. The Morgan fingerprint density at radius 3 is 2.57 bits per heavy atom. The van der Waals surface area contributed by atoms with Gasteiger partial charge in [0.1, 0.15) is 12.4 Å². The number of imidazole rings is 1. The largest absolute Gasteiger partial charge is 0.489 e. The maximum absolute atomic E-state index is 7.01. The van der Waals surface area contributed by atoms with Crippen molar-refractivity contribution in [2.24, 2.45) is 0 Å². The highest BCUT2D eigenvalue weighted by Crippen LogP contribution is 2.28. The first-order valence-corrected chi connectivity index (χ1v) is 9.68. The number of hydrogen-bond donors (Lipinski definition) is 0. The Balaban J connectivity index is 1.56. The summed E-state index contributed by atoms with van der Waals surface area (Å²) in [4.78, 5) is 8.16. The van der Waals surface area contributed by atoms with Gasteiger partial charge in [0, 0.05) is 18.0 Å². The lowest BCUT2D eigenvalue weighted by Crippen LogP contribution is -1.97. The van der Waals surface area contributed by atoms with Crippen molar-refractivity contribution in [2.75, 3.05) is 0 Å². The summed E-state index contributed by atoms with van der Waals surface area (Å²) < 4.78 is 9.00. The van der Waals surface area contributed by atoms with Gasteiger partial charge in [-0.2, -0.15) is 0 Å². The number of fused-ring (bicyclic) bond motifs is 1. The number of hydrogen-bond acceptors (Lipinski definition) is 2. The van der Waals surface area contributed by atoms with Crippen molar-refractivity contribution in [1.82, 2.24) is 9.38 Å². The highest BCUT2D eigenvalue weighted by Gasteiger charge is 2.10. The van der Waals surface area contributed by atoms with Crippen molar-refractivity contribution in [3.05, 3.63) is 93.5 Å². The highest BCUT2D eigenvalue weighted by molar-refractivity contribution is 9.10. The molecule has 0 aliphatic rings. The van der Waals surface area contributed by atoms with E-state index in [4.69, 9.17) is 16.3 Å². The zero-order valence-electron chi connectivity index (χ0n) is 15.6. The average molecular weight is 432 g/mol. The van der Waals surface area contributed by atoms with Crippen LogP contribution < -0.4 is 4.74 Å². The SMILES string of the molecule is [C-]#[N+]c1ccc(COc2ccc(-c3cn4cc(C)cc(Br)c4n3)cc2C)cc1. The Morgan fingerprint density at radius 1 is 1.07 bits per heavy atom. The lowest BCUT2D eigenvalue weighted by molar-refractivity contribution is 0.304. The molecule has 0 N–H and O–H groups in total. The Labute approximate surface area is 172 Å². The second kappa shape index (κ2) is 7.49. The van der Waals surface area contributed by atoms with Crippen molar-refractivity contribution >= 4 is 27.3 Å². The van der Waals surface area contributed by atoms with Crippen LogP contribution in [-0.2, 0) is 6.61 Å². The van der Waals surface area contributed by atoms with Gasteiger partial charge >= 0.3 is 0 Å². The van der Waals surface area contributed by atoms with E-state index < -0.39 is 0 Å². The molecule has 0 aliphatic carbocycles. The van der Waals surface area contributed by atoms with Gasteiger partial charge in [-0.25, -0.2) is 9.83 Å². The van der Waals surface area contributed by atoms with Crippen LogP contribution in [0, 0.1) is 20.4 Å². The van der Waals surface area contributed by atoms with Gasteiger partial charge in [0.2, 0.25) is 0 Å². The van der Waals surface area contributed by atoms with Crippen molar-refractivity contribution < 1.29 is 4.74 Å². The summed E-state index contributed by atoms with van der Waals surface area (Å²) in [5.74, 6) is 0.846. The topological polar surface area (TPSA) is 30.9 Å². The monoisotopic (exact) mass is 431 g/mol. The predicted molar refractivity (Wildman–Crippen MR) is 115 cm³/mol. The minimum absolute atomic E-state index is 0.471. The van der Waals surface area contributed by atoms with E-state index in [2.05, 4.69) is 46.0 Å². The van der Waals surface area contributed by atoms with E-state index in [-0.39, 0.29) is 0 Å². The fourth-order valence-electron chi connectivity index (χ4n) is 3.13. The van der Waals surface area contributed by atoms with Gasteiger partial charge in [-0.3, -0.25) is 0 Å². The predicted octanol–water partition coefficient (Wildman–Crippen LogP) is 6.51. The van der Waals surface area contributed by atoms with Crippen molar-refractivity contribution in [3.8, 4) is 17.0 Å². The molecule has 2 aromatic carbocycles. The first-order chi connectivity index (χ1) is 13.5. The van der Waals surface area contributed by atoms with E-state index in [0.29, 0.717) is 12.3 Å². The first-order valence-electron chi connectivity index (χ1n) is 8.88. The zero-order chi connectivity index (χ0) is 19.7. The van der Waals surface area contributed by atoms with Crippen LogP contribution in [0.5, 0.6) is 5.75 Å². The molecule has 0 spiro atoms. The maximum atomic E-state index is 7.01. The lowest BCUT2D eigenvalue weighted by Gasteiger charge is -2.10. The summed E-state index contributed by atoms with van der Waals surface area (Å²) in [6, 6.07) is 15.7. The second-order valence-electron chi connectivity index (χ2n) is 6.77. The van der Waals surface area contributed by atoms with Crippen LogP contribution in [0.3, 0.4) is 0 Å². The van der Waals surface area contributed by atoms with Gasteiger partial charge in [0.25, 0.3) is 0 Å². The second-order valence-corrected chi connectivity index (χ2v) is 7.62. The Bertz CT molecular complexity index is 1200. The van der Waals surface area contributed by atoms with Crippen LogP contribution in [0.25, 0.3) is 21.7 Å². The molecular weight excluding hydrogens is 414 g/mol. The summed E-state index contributed by atoms with van der Waals surface area (Å²) in [6.45, 7) is 11.6. The molecule has 0 radical (unpaired) electrons. The Hall–Kier alpha value is -3.10. The van der Waals surface area contributed by atoms with E-state index in [1.165, 1.54) is 5.56 Å².